The Kier molecular flexibility index (Phi) is 7.01. The predicted octanol–water partition coefficient (Wildman–Crippen LogP) is 3.85. The quantitative estimate of drug-likeness (QED) is 0.510. The van der Waals surface area contributed by atoms with E-state index in [0.717, 1.165) is 37.1 Å². The minimum atomic E-state index is -3.75. The van der Waals surface area contributed by atoms with Crippen molar-refractivity contribution in [1.29, 1.82) is 0 Å². The zero-order chi connectivity index (χ0) is 25.3. The van der Waals surface area contributed by atoms with E-state index in [2.05, 4.69) is 33.4 Å². The van der Waals surface area contributed by atoms with Gasteiger partial charge in [-0.25, -0.2) is 8.42 Å². The number of carbonyl (C=O) groups excluding carboxylic acids is 1. The number of hydrogen-bond acceptors (Lipinski definition) is 4. The van der Waals surface area contributed by atoms with Crippen molar-refractivity contribution in [3.63, 3.8) is 0 Å². The van der Waals surface area contributed by atoms with Crippen LogP contribution in [-0.2, 0) is 34.3 Å². The summed E-state index contributed by atoms with van der Waals surface area (Å²) in [4.78, 5) is 13.7. The molecule has 0 spiro atoms. The van der Waals surface area contributed by atoms with Crippen molar-refractivity contribution in [1.82, 2.24) is 19.5 Å². The van der Waals surface area contributed by atoms with Crippen LogP contribution in [0.15, 0.2) is 65.7 Å². The first-order valence-corrected chi connectivity index (χ1v) is 14.1. The second kappa shape index (κ2) is 10.2. The zero-order valence-corrected chi connectivity index (χ0v) is 21.7. The predicted molar refractivity (Wildman–Crippen MR) is 140 cm³/mol. The van der Waals surface area contributed by atoms with Gasteiger partial charge in [0.15, 0.2) is 0 Å². The monoisotopic (exact) mass is 506 g/mol. The van der Waals surface area contributed by atoms with E-state index in [-0.39, 0.29) is 23.3 Å². The van der Waals surface area contributed by atoms with Crippen molar-refractivity contribution in [2.45, 2.75) is 62.7 Å². The maximum atomic E-state index is 13.6. The summed E-state index contributed by atoms with van der Waals surface area (Å²) in [6, 6.07) is 16.6. The maximum absolute atomic E-state index is 13.6. The molecule has 0 saturated carbocycles. The largest absolute Gasteiger partial charge is 0.349 e. The fourth-order valence-electron chi connectivity index (χ4n) is 5.54. The molecule has 1 aromatic heterocycles. The molecule has 2 heterocycles. The summed E-state index contributed by atoms with van der Waals surface area (Å²) >= 11 is 0. The third-order valence-corrected chi connectivity index (χ3v) is 9.28. The van der Waals surface area contributed by atoms with Gasteiger partial charge in [-0.2, -0.15) is 4.31 Å². The van der Waals surface area contributed by atoms with Crippen LogP contribution in [0.1, 0.15) is 59.3 Å². The van der Waals surface area contributed by atoms with E-state index in [0.29, 0.717) is 13.1 Å². The van der Waals surface area contributed by atoms with Crippen LogP contribution < -0.4 is 10.6 Å². The minimum Gasteiger partial charge on any atom is -0.349 e. The molecule has 2 aromatic carbocycles. The van der Waals surface area contributed by atoms with E-state index < -0.39 is 16.1 Å². The topological polar surface area (TPSA) is 83.4 Å². The molecule has 8 heteroatoms. The number of nitrogens with one attached hydrogen (secondary N) is 2. The van der Waals surface area contributed by atoms with Crippen LogP contribution in [0.5, 0.6) is 0 Å². The van der Waals surface area contributed by atoms with Crippen molar-refractivity contribution in [3.8, 4) is 0 Å². The number of carbonyl (C=O) groups is 1. The molecule has 3 aromatic rings. The molecule has 0 fully saturated rings. The first kappa shape index (κ1) is 24.7. The van der Waals surface area contributed by atoms with E-state index in [4.69, 9.17) is 0 Å². The molecule has 190 valence electrons. The highest BCUT2D eigenvalue weighted by Crippen LogP contribution is 2.35. The molecule has 0 radical (unpaired) electrons. The molecule has 2 aliphatic rings. The third kappa shape index (κ3) is 4.85. The normalized spacial score (nSPS) is 19.9. The Balaban J connectivity index is 1.38. The Bertz CT molecular complexity index is 1350. The smallest absolute Gasteiger partial charge is 0.243 e. The molecule has 1 amide bonds. The molecule has 0 saturated heterocycles. The van der Waals surface area contributed by atoms with Crippen molar-refractivity contribution in [3.05, 3.63) is 88.7 Å². The molecule has 36 heavy (non-hydrogen) atoms. The number of rotatable bonds is 7. The lowest BCUT2D eigenvalue weighted by Gasteiger charge is -2.36. The molecular weight excluding hydrogens is 472 g/mol. The highest BCUT2D eigenvalue weighted by Gasteiger charge is 2.38. The van der Waals surface area contributed by atoms with Crippen LogP contribution in [-0.4, -0.2) is 36.8 Å². The highest BCUT2D eigenvalue weighted by atomic mass is 32.2. The van der Waals surface area contributed by atoms with Crippen molar-refractivity contribution >= 4 is 15.9 Å². The Labute approximate surface area is 213 Å². The molecule has 2 N–H and O–H groups in total. The lowest BCUT2D eigenvalue weighted by Crippen LogP contribution is -2.44. The first-order chi connectivity index (χ1) is 17.4. The molecule has 0 bridgehead atoms. The molecule has 1 aliphatic heterocycles. The average Bonchev–Trinajstić information content (AvgIpc) is 3.34. The van der Waals surface area contributed by atoms with E-state index in [1.807, 2.05) is 44.4 Å². The summed E-state index contributed by atoms with van der Waals surface area (Å²) in [5.41, 5.74) is 5.55. The van der Waals surface area contributed by atoms with Gasteiger partial charge >= 0.3 is 0 Å². The Morgan fingerprint density at radius 3 is 2.67 bits per heavy atom. The number of nitrogens with zero attached hydrogens (tertiary/aromatic N) is 2. The van der Waals surface area contributed by atoms with Crippen LogP contribution in [0.3, 0.4) is 0 Å². The lowest BCUT2D eigenvalue weighted by atomic mass is 9.86. The van der Waals surface area contributed by atoms with Crippen LogP contribution in [0.25, 0.3) is 0 Å². The van der Waals surface area contributed by atoms with Gasteiger partial charge in [0.1, 0.15) is 0 Å². The van der Waals surface area contributed by atoms with Gasteiger partial charge < -0.3 is 15.2 Å². The molecule has 7 nitrogen and oxygen atoms in total. The Hall–Kier alpha value is -2.94. The maximum Gasteiger partial charge on any atom is 0.243 e. The molecule has 2 atom stereocenters. The number of hydrogen-bond donors (Lipinski definition) is 2. The van der Waals surface area contributed by atoms with Gasteiger partial charge in [-0.05, 0) is 74.2 Å². The van der Waals surface area contributed by atoms with Crippen molar-refractivity contribution in [2.24, 2.45) is 0 Å². The molecule has 2 unspecified atom stereocenters. The van der Waals surface area contributed by atoms with Crippen LogP contribution in [0, 0.1) is 6.92 Å². The Morgan fingerprint density at radius 2 is 1.89 bits per heavy atom. The summed E-state index contributed by atoms with van der Waals surface area (Å²) in [5.74, 6) is -0.129. The summed E-state index contributed by atoms with van der Waals surface area (Å²) in [6.07, 6.45) is 4.95. The summed E-state index contributed by atoms with van der Waals surface area (Å²) in [7, 11) is -1.82. The van der Waals surface area contributed by atoms with Gasteiger partial charge in [0.25, 0.3) is 0 Å². The van der Waals surface area contributed by atoms with Crippen molar-refractivity contribution < 1.29 is 13.2 Å². The summed E-state index contributed by atoms with van der Waals surface area (Å²) < 4.78 is 30.8. The minimum absolute atomic E-state index is 0.0533. The van der Waals surface area contributed by atoms with E-state index in [1.54, 1.807) is 12.1 Å². The number of aromatic nitrogens is 1. The second-order valence-electron chi connectivity index (χ2n) is 9.85. The highest BCUT2D eigenvalue weighted by molar-refractivity contribution is 7.89. The van der Waals surface area contributed by atoms with E-state index in [1.165, 1.54) is 21.0 Å². The lowest BCUT2D eigenvalue weighted by molar-refractivity contribution is -0.123. The fourth-order valence-corrected chi connectivity index (χ4v) is 7.13. The van der Waals surface area contributed by atoms with Gasteiger partial charge in [-0.3, -0.25) is 4.79 Å². The van der Waals surface area contributed by atoms with Gasteiger partial charge in [0, 0.05) is 37.9 Å². The van der Waals surface area contributed by atoms with Crippen LogP contribution in [0.4, 0.5) is 0 Å². The number of benzene rings is 2. The summed E-state index contributed by atoms with van der Waals surface area (Å²) in [5, 5.41) is 6.42. The average molecular weight is 507 g/mol. The zero-order valence-electron chi connectivity index (χ0n) is 20.9. The second-order valence-corrected chi connectivity index (χ2v) is 11.7. The SMILES string of the molecule is CNCc1ccc2c(c1)CCCC2NC(=O)CC1c2cccn2CCN1S(=O)(=O)c1ccc(C)cc1. The first-order valence-electron chi connectivity index (χ1n) is 12.7. The number of amides is 1. The van der Waals surface area contributed by atoms with Gasteiger partial charge in [0.05, 0.1) is 17.0 Å². The van der Waals surface area contributed by atoms with Crippen LogP contribution in [0.2, 0.25) is 0 Å². The number of aryl methyl sites for hydroxylation is 2. The molecular formula is C28H34N4O3S. The van der Waals surface area contributed by atoms with Gasteiger partial charge in [-0.15, -0.1) is 0 Å². The third-order valence-electron chi connectivity index (χ3n) is 7.36. The van der Waals surface area contributed by atoms with Gasteiger partial charge in [0.2, 0.25) is 15.9 Å². The van der Waals surface area contributed by atoms with E-state index >= 15 is 0 Å². The molecule has 1 aliphatic carbocycles. The Morgan fingerprint density at radius 1 is 1.08 bits per heavy atom. The van der Waals surface area contributed by atoms with Crippen molar-refractivity contribution in [2.75, 3.05) is 13.6 Å². The number of sulfonamides is 1. The summed E-state index contributed by atoms with van der Waals surface area (Å²) in [6.45, 7) is 3.64. The fraction of sp³-hybridized carbons (Fsp3) is 0.393. The molecule has 5 rings (SSSR count). The van der Waals surface area contributed by atoms with E-state index in [9.17, 15) is 13.2 Å². The number of fused-ring (bicyclic) bond motifs is 2. The standard InChI is InChI=1S/C28H34N4O3S/c1-20-8-11-23(12-9-20)36(34,35)32-16-15-31-14-4-7-26(31)27(32)18-28(33)30-25-6-3-5-22-17-21(19-29-2)10-13-24(22)25/h4,7-14,17,25,27,29H,3,5-6,15-16,18-19H2,1-2H3,(H,30,33). The van der Waals surface area contributed by atoms with Crippen LogP contribution >= 0.6 is 0 Å². The van der Waals surface area contributed by atoms with Gasteiger partial charge in [-0.1, -0.05) is 35.9 Å².